The number of nitrogens with one attached hydrogen (secondary N) is 1. The molecule has 0 aliphatic heterocycles. The molecule has 2 rings (SSSR count). The SMILES string of the molecule is CC(NCC(C)(C)N(C)C)C1CC2C=CC1C2. The van der Waals surface area contributed by atoms with Crippen molar-refractivity contribution < 1.29 is 0 Å². The summed E-state index contributed by atoms with van der Waals surface area (Å²) in [6.45, 7) is 8.03. The summed E-state index contributed by atoms with van der Waals surface area (Å²) in [5, 5.41) is 3.76. The van der Waals surface area contributed by atoms with Crippen LogP contribution >= 0.6 is 0 Å². The zero-order chi connectivity index (χ0) is 12.6. The van der Waals surface area contributed by atoms with Gasteiger partial charge in [0.1, 0.15) is 0 Å². The molecule has 2 heteroatoms. The standard InChI is InChI=1S/C15H28N2/c1-11(16-10-15(2,3)17(4)5)14-9-12-6-7-13(14)8-12/h6-7,11-14,16H,8-10H2,1-5H3. The molecule has 1 saturated carbocycles. The highest BCUT2D eigenvalue weighted by atomic mass is 15.2. The van der Waals surface area contributed by atoms with Gasteiger partial charge in [0, 0.05) is 18.1 Å². The Labute approximate surface area is 106 Å². The summed E-state index contributed by atoms with van der Waals surface area (Å²) < 4.78 is 0. The first-order valence-electron chi connectivity index (χ1n) is 6.99. The molecule has 2 aliphatic rings. The lowest BCUT2D eigenvalue weighted by Gasteiger charge is -2.36. The van der Waals surface area contributed by atoms with Crippen molar-refractivity contribution in [3.63, 3.8) is 0 Å². The Morgan fingerprint density at radius 1 is 1.29 bits per heavy atom. The van der Waals surface area contributed by atoms with E-state index < -0.39 is 0 Å². The Hall–Kier alpha value is -0.340. The summed E-state index contributed by atoms with van der Waals surface area (Å²) in [6.07, 6.45) is 7.69. The summed E-state index contributed by atoms with van der Waals surface area (Å²) in [5.41, 5.74) is 0.238. The van der Waals surface area contributed by atoms with Crippen LogP contribution in [0, 0.1) is 17.8 Å². The average molecular weight is 236 g/mol. The van der Waals surface area contributed by atoms with Gasteiger partial charge in [0.05, 0.1) is 0 Å². The predicted octanol–water partition coefficient (Wildman–Crippen LogP) is 2.52. The van der Waals surface area contributed by atoms with Crippen molar-refractivity contribution in [2.75, 3.05) is 20.6 Å². The lowest BCUT2D eigenvalue weighted by Crippen LogP contribution is -2.50. The van der Waals surface area contributed by atoms with Gasteiger partial charge in [0.25, 0.3) is 0 Å². The minimum absolute atomic E-state index is 0.238. The van der Waals surface area contributed by atoms with Crippen LogP contribution in [-0.2, 0) is 0 Å². The maximum Gasteiger partial charge on any atom is 0.0271 e. The van der Waals surface area contributed by atoms with Gasteiger partial charge in [-0.3, -0.25) is 0 Å². The maximum absolute atomic E-state index is 3.76. The van der Waals surface area contributed by atoms with Crippen LogP contribution in [-0.4, -0.2) is 37.1 Å². The highest BCUT2D eigenvalue weighted by Gasteiger charge is 2.38. The Balaban J connectivity index is 1.82. The second-order valence-corrected chi connectivity index (χ2v) is 6.82. The number of likely N-dealkylation sites (N-methyl/N-ethyl adjacent to an activating group) is 1. The number of hydrogen-bond donors (Lipinski definition) is 1. The van der Waals surface area contributed by atoms with Gasteiger partial charge in [-0.05, 0) is 65.5 Å². The second kappa shape index (κ2) is 4.74. The lowest BCUT2D eigenvalue weighted by molar-refractivity contribution is 0.175. The quantitative estimate of drug-likeness (QED) is 0.738. The van der Waals surface area contributed by atoms with Crippen LogP contribution in [0.15, 0.2) is 12.2 Å². The first kappa shape index (κ1) is 13.1. The Morgan fingerprint density at radius 2 is 2.00 bits per heavy atom. The minimum Gasteiger partial charge on any atom is -0.312 e. The number of allylic oxidation sites excluding steroid dienone is 2. The van der Waals surface area contributed by atoms with Crippen molar-refractivity contribution in [2.24, 2.45) is 17.8 Å². The van der Waals surface area contributed by atoms with Crippen molar-refractivity contribution in [2.45, 2.75) is 45.2 Å². The van der Waals surface area contributed by atoms with E-state index >= 15 is 0 Å². The molecule has 0 aromatic heterocycles. The molecule has 0 aromatic carbocycles. The molecule has 1 fully saturated rings. The van der Waals surface area contributed by atoms with Crippen LogP contribution < -0.4 is 5.32 Å². The molecule has 17 heavy (non-hydrogen) atoms. The van der Waals surface area contributed by atoms with Crippen LogP contribution in [0.4, 0.5) is 0 Å². The maximum atomic E-state index is 3.76. The van der Waals surface area contributed by atoms with Gasteiger partial charge in [0.15, 0.2) is 0 Å². The average Bonchev–Trinajstić information content (AvgIpc) is 2.87. The molecule has 2 aliphatic carbocycles. The van der Waals surface area contributed by atoms with Gasteiger partial charge in [-0.25, -0.2) is 0 Å². The third kappa shape index (κ3) is 2.74. The van der Waals surface area contributed by atoms with E-state index in [1.165, 1.54) is 12.8 Å². The first-order chi connectivity index (χ1) is 7.90. The summed E-state index contributed by atoms with van der Waals surface area (Å²) in [7, 11) is 4.32. The summed E-state index contributed by atoms with van der Waals surface area (Å²) in [6, 6.07) is 0.647. The molecule has 0 amide bonds. The third-order valence-corrected chi connectivity index (χ3v) is 5.04. The zero-order valence-electron chi connectivity index (χ0n) is 12.0. The monoisotopic (exact) mass is 236 g/mol. The van der Waals surface area contributed by atoms with Crippen molar-refractivity contribution in [1.82, 2.24) is 10.2 Å². The number of hydrogen-bond acceptors (Lipinski definition) is 2. The smallest absolute Gasteiger partial charge is 0.0271 e. The fourth-order valence-corrected chi connectivity index (χ4v) is 3.12. The van der Waals surface area contributed by atoms with Crippen molar-refractivity contribution >= 4 is 0 Å². The topological polar surface area (TPSA) is 15.3 Å². The Morgan fingerprint density at radius 3 is 2.47 bits per heavy atom. The number of fused-ring (bicyclic) bond motifs is 2. The van der Waals surface area contributed by atoms with Gasteiger partial charge >= 0.3 is 0 Å². The molecule has 2 nitrogen and oxygen atoms in total. The number of nitrogens with zero attached hydrogens (tertiary/aromatic N) is 1. The van der Waals surface area contributed by atoms with Crippen LogP contribution in [0.2, 0.25) is 0 Å². The van der Waals surface area contributed by atoms with E-state index in [2.05, 4.69) is 57.2 Å². The zero-order valence-corrected chi connectivity index (χ0v) is 12.0. The van der Waals surface area contributed by atoms with Gasteiger partial charge in [-0.15, -0.1) is 0 Å². The minimum atomic E-state index is 0.238. The third-order valence-electron chi connectivity index (χ3n) is 5.04. The van der Waals surface area contributed by atoms with Crippen molar-refractivity contribution in [1.29, 1.82) is 0 Å². The first-order valence-corrected chi connectivity index (χ1v) is 6.99. The molecule has 98 valence electrons. The molecule has 4 unspecified atom stereocenters. The van der Waals surface area contributed by atoms with Gasteiger partial charge in [0.2, 0.25) is 0 Å². The van der Waals surface area contributed by atoms with E-state index in [9.17, 15) is 0 Å². The van der Waals surface area contributed by atoms with Gasteiger partial charge in [-0.1, -0.05) is 12.2 Å². The summed E-state index contributed by atoms with van der Waals surface area (Å²) in [4.78, 5) is 2.30. The molecule has 4 atom stereocenters. The fraction of sp³-hybridized carbons (Fsp3) is 0.867. The fourth-order valence-electron chi connectivity index (χ4n) is 3.12. The van der Waals surface area contributed by atoms with E-state index in [0.29, 0.717) is 6.04 Å². The molecule has 1 N–H and O–H groups in total. The lowest BCUT2D eigenvalue weighted by atomic mass is 9.87. The van der Waals surface area contributed by atoms with E-state index in [4.69, 9.17) is 0 Å². The summed E-state index contributed by atoms with van der Waals surface area (Å²) in [5.74, 6) is 2.60. The molecular formula is C15H28N2. The molecule has 0 radical (unpaired) electrons. The Kier molecular flexibility index (Phi) is 3.65. The summed E-state index contributed by atoms with van der Waals surface area (Å²) >= 11 is 0. The predicted molar refractivity (Wildman–Crippen MR) is 74.1 cm³/mol. The van der Waals surface area contributed by atoms with Crippen molar-refractivity contribution in [3.05, 3.63) is 12.2 Å². The van der Waals surface area contributed by atoms with E-state index in [0.717, 1.165) is 24.3 Å². The van der Waals surface area contributed by atoms with Crippen LogP contribution in [0.1, 0.15) is 33.6 Å². The molecule has 0 heterocycles. The van der Waals surface area contributed by atoms with Crippen molar-refractivity contribution in [3.8, 4) is 0 Å². The van der Waals surface area contributed by atoms with Crippen LogP contribution in [0.25, 0.3) is 0 Å². The van der Waals surface area contributed by atoms with Gasteiger partial charge < -0.3 is 10.2 Å². The van der Waals surface area contributed by atoms with Gasteiger partial charge in [-0.2, -0.15) is 0 Å². The van der Waals surface area contributed by atoms with E-state index in [1.807, 2.05) is 0 Å². The highest BCUT2D eigenvalue weighted by Crippen LogP contribution is 2.44. The highest BCUT2D eigenvalue weighted by molar-refractivity contribution is 5.11. The number of rotatable bonds is 5. The molecule has 0 spiro atoms. The molecule has 2 bridgehead atoms. The van der Waals surface area contributed by atoms with E-state index in [-0.39, 0.29) is 5.54 Å². The van der Waals surface area contributed by atoms with Crippen LogP contribution in [0.3, 0.4) is 0 Å². The molecule has 0 aromatic rings. The normalized spacial score (nSPS) is 33.6. The van der Waals surface area contributed by atoms with E-state index in [1.54, 1.807) is 0 Å². The second-order valence-electron chi connectivity index (χ2n) is 6.82. The van der Waals surface area contributed by atoms with Crippen LogP contribution in [0.5, 0.6) is 0 Å². The Bertz CT molecular complexity index is 293. The molecule has 0 saturated heterocycles. The molecular weight excluding hydrogens is 208 g/mol. The largest absolute Gasteiger partial charge is 0.312 e.